The highest BCUT2D eigenvalue weighted by molar-refractivity contribution is 7.08. The van der Waals surface area contributed by atoms with Crippen LogP contribution in [-0.4, -0.2) is 17.8 Å². The van der Waals surface area contributed by atoms with Crippen molar-refractivity contribution < 1.29 is 4.74 Å². The number of benzene rings is 1. The fourth-order valence-corrected chi connectivity index (χ4v) is 2.92. The van der Waals surface area contributed by atoms with Crippen LogP contribution in [0.25, 0.3) is 11.1 Å². The van der Waals surface area contributed by atoms with Gasteiger partial charge in [-0.15, -0.1) is 0 Å². The van der Waals surface area contributed by atoms with Crippen molar-refractivity contribution in [2.24, 2.45) is 0 Å². The summed E-state index contributed by atoms with van der Waals surface area (Å²) < 4.78 is 5.33. The van der Waals surface area contributed by atoms with Gasteiger partial charge in [0, 0.05) is 22.9 Å². The molecule has 0 aliphatic carbocycles. The van der Waals surface area contributed by atoms with Crippen molar-refractivity contribution in [3.05, 3.63) is 64.5 Å². The van der Waals surface area contributed by atoms with E-state index in [2.05, 4.69) is 4.98 Å². The lowest BCUT2D eigenvalue weighted by molar-refractivity contribution is 0.414. The number of thiophene rings is 1. The molecule has 0 radical (unpaired) electrons. The molecule has 0 aliphatic rings. The molecule has 3 rings (SSSR count). The van der Waals surface area contributed by atoms with E-state index >= 15 is 0 Å². The molecule has 0 atom stereocenters. The van der Waals surface area contributed by atoms with Crippen LogP contribution >= 0.6 is 11.3 Å². The quantitative estimate of drug-likeness (QED) is 0.720. The fourth-order valence-electron chi connectivity index (χ4n) is 2.26. The molecule has 0 saturated carbocycles. The first kappa shape index (κ1) is 14.3. The molecule has 0 saturated heterocycles. The van der Waals surface area contributed by atoms with Crippen molar-refractivity contribution in [3.63, 3.8) is 0 Å². The Labute approximate surface area is 132 Å². The molecule has 4 nitrogen and oxygen atoms in total. The molecule has 3 N–H and O–H groups in total. The maximum atomic E-state index is 8.48. The summed E-state index contributed by atoms with van der Waals surface area (Å²) in [6, 6.07) is 11.3. The first-order valence-corrected chi connectivity index (χ1v) is 7.65. The van der Waals surface area contributed by atoms with E-state index in [0.29, 0.717) is 28.4 Å². The van der Waals surface area contributed by atoms with Crippen LogP contribution in [0.3, 0.4) is 0 Å². The summed E-state index contributed by atoms with van der Waals surface area (Å²) in [4.78, 5) is 4.24. The van der Waals surface area contributed by atoms with E-state index in [1.807, 2.05) is 47.2 Å². The third-order valence-corrected chi connectivity index (χ3v) is 4.10. The van der Waals surface area contributed by atoms with E-state index in [-0.39, 0.29) is 0 Å². The highest BCUT2D eigenvalue weighted by atomic mass is 32.1. The van der Waals surface area contributed by atoms with Crippen molar-refractivity contribution in [1.29, 1.82) is 5.41 Å². The number of pyridine rings is 1. The van der Waals surface area contributed by atoms with Gasteiger partial charge in [0.15, 0.2) is 0 Å². The van der Waals surface area contributed by atoms with Crippen LogP contribution in [0.5, 0.6) is 5.75 Å². The van der Waals surface area contributed by atoms with Gasteiger partial charge in [-0.2, -0.15) is 11.3 Å². The Balaban J connectivity index is 2.07. The minimum absolute atomic E-state index is 0.305. The number of nitrogens with two attached hydrogens (primary N) is 1. The second kappa shape index (κ2) is 5.99. The molecule has 1 aromatic carbocycles. The van der Waals surface area contributed by atoms with E-state index in [0.717, 1.165) is 11.1 Å². The highest BCUT2D eigenvalue weighted by Gasteiger charge is 2.15. The summed E-state index contributed by atoms with van der Waals surface area (Å²) >= 11 is 1.62. The van der Waals surface area contributed by atoms with E-state index in [1.165, 1.54) is 0 Å². The zero-order chi connectivity index (χ0) is 15.5. The fraction of sp³-hybridized carbons (Fsp3) is 0.0588. The third-order valence-electron chi connectivity index (χ3n) is 3.42. The topological polar surface area (TPSA) is 72.0 Å². The van der Waals surface area contributed by atoms with Crippen molar-refractivity contribution in [3.8, 4) is 16.9 Å². The van der Waals surface area contributed by atoms with Crippen LogP contribution in [0, 0.1) is 5.41 Å². The Bertz CT molecular complexity index is 813. The Hall–Kier alpha value is -2.66. The molecule has 3 aromatic rings. The number of methoxy groups -OCH3 is 1. The number of nitrogens with zero attached hydrogens (tertiary/aromatic N) is 1. The number of ether oxygens (including phenoxy) is 1. The largest absolute Gasteiger partial charge is 0.496 e. The van der Waals surface area contributed by atoms with Gasteiger partial charge in [-0.1, -0.05) is 12.1 Å². The van der Waals surface area contributed by atoms with Crippen LogP contribution in [0.1, 0.15) is 11.1 Å². The monoisotopic (exact) mass is 309 g/mol. The van der Waals surface area contributed by atoms with Crippen LogP contribution in [0.15, 0.2) is 53.4 Å². The van der Waals surface area contributed by atoms with E-state index in [4.69, 9.17) is 15.9 Å². The van der Waals surface area contributed by atoms with E-state index in [1.54, 1.807) is 24.6 Å². The molecule has 0 fully saturated rings. The van der Waals surface area contributed by atoms with Crippen molar-refractivity contribution >= 4 is 22.9 Å². The van der Waals surface area contributed by atoms with Gasteiger partial charge in [-0.3, -0.25) is 5.41 Å². The van der Waals surface area contributed by atoms with Crippen molar-refractivity contribution in [1.82, 2.24) is 4.98 Å². The summed E-state index contributed by atoms with van der Waals surface area (Å²) in [5.41, 5.74) is 9.61. The first-order chi connectivity index (χ1) is 10.7. The van der Waals surface area contributed by atoms with E-state index in [9.17, 15) is 0 Å². The lowest BCUT2D eigenvalue weighted by Gasteiger charge is -2.12. The Morgan fingerprint density at radius 1 is 1.18 bits per heavy atom. The molecule has 2 heterocycles. The van der Waals surface area contributed by atoms with Crippen LogP contribution in [0.4, 0.5) is 5.82 Å². The van der Waals surface area contributed by atoms with Crippen molar-refractivity contribution in [2.45, 2.75) is 0 Å². The summed E-state index contributed by atoms with van der Waals surface area (Å²) in [6.07, 6.45) is 1.73. The van der Waals surface area contributed by atoms with Gasteiger partial charge in [0.1, 0.15) is 11.6 Å². The molecule has 0 aliphatic heterocycles. The average molecular weight is 309 g/mol. The molecule has 0 spiro atoms. The molecule has 110 valence electrons. The standard InChI is InChI=1S/C17H15N3OS/c1-21-15-5-3-2-4-13(15)16(18)14-8-12(9-20-17(14)19)11-6-7-22-10-11/h2-10,18H,1H3,(H2,19,20). The molecular formula is C17H15N3OS. The minimum Gasteiger partial charge on any atom is -0.496 e. The molecule has 0 amide bonds. The van der Waals surface area contributed by atoms with Gasteiger partial charge < -0.3 is 10.5 Å². The van der Waals surface area contributed by atoms with Gasteiger partial charge in [-0.05, 0) is 40.6 Å². The van der Waals surface area contributed by atoms with Crippen LogP contribution in [0.2, 0.25) is 0 Å². The van der Waals surface area contributed by atoms with Crippen LogP contribution in [-0.2, 0) is 0 Å². The van der Waals surface area contributed by atoms with Gasteiger partial charge in [-0.25, -0.2) is 4.98 Å². The number of nitrogen functional groups attached to an aromatic ring is 1. The SMILES string of the molecule is COc1ccccc1C(=N)c1cc(-c2ccsc2)cnc1N. The lowest BCUT2D eigenvalue weighted by Crippen LogP contribution is -2.08. The van der Waals surface area contributed by atoms with Gasteiger partial charge >= 0.3 is 0 Å². The maximum Gasteiger partial charge on any atom is 0.132 e. The zero-order valence-electron chi connectivity index (χ0n) is 12.0. The summed E-state index contributed by atoms with van der Waals surface area (Å²) in [5.74, 6) is 0.989. The van der Waals surface area contributed by atoms with Gasteiger partial charge in [0.2, 0.25) is 0 Å². The molecular weight excluding hydrogens is 294 g/mol. The first-order valence-electron chi connectivity index (χ1n) is 6.71. The van der Waals surface area contributed by atoms with Crippen LogP contribution < -0.4 is 10.5 Å². The predicted molar refractivity (Wildman–Crippen MR) is 90.9 cm³/mol. The normalized spacial score (nSPS) is 10.4. The van der Waals surface area contributed by atoms with Gasteiger partial charge in [0.05, 0.1) is 12.8 Å². The lowest BCUT2D eigenvalue weighted by atomic mass is 9.99. The average Bonchev–Trinajstić information content (AvgIpc) is 3.09. The molecule has 0 unspecified atom stereocenters. The third kappa shape index (κ3) is 2.58. The predicted octanol–water partition coefficient (Wildman–Crippen LogP) is 3.82. The summed E-state index contributed by atoms with van der Waals surface area (Å²) in [5, 5.41) is 12.5. The zero-order valence-corrected chi connectivity index (χ0v) is 12.9. The summed E-state index contributed by atoms with van der Waals surface area (Å²) in [7, 11) is 1.59. The molecule has 0 bridgehead atoms. The second-order valence-corrected chi connectivity index (χ2v) is 5.52. The number of anilines is 1. The molecule has 5 heteroatoms. The van der Waals surface area contributed by atoms with Gasteiger partial charge in [0.25, 0.3) is 0 Å². The number of rotatable bonds is 4. The number of nitrogens with one attached hydrogen (secondary N) is 1. The second-order valence-electron chi connectivity index (χ2n) is 4.74. The Kier molecular flexibility index (Phi) is 3.89. The molecule has 22 heavy (non-hydrogen) atoms. The number of hydrogen-bond acceptors (Lipinski definition) is 5. The number of hydrogen-bond donors (Lipinski definition) is 2. The smallest absolute Gasteiger partial charge is 0.132 e. The highest BCUT2D eigenvalue weighted by Crippen LogP contribution is 2.27. The minimum atomic E-state index is 0.305. The Morgan fingerprint density at radius 3 is 2.73 bits per heavy atom. The number of aromatic nitrogens is 1. The molecule has 2 aromatic heterocycles. The Morgan fingerprint density at radius 2 is 2.00 bits per heavy atom. The van der Waals surface area contributed by atoms with Crippen molar-refractivity contribution in [2.75, 3.05) is 12.8 Å². The summed E-state index contributed by atoms with van der Waals surface area (Å²) in [6.45, 7) is 0. The maximum absolute atomic E-state index is 8.48. The number of para-hydroxylation sites is 1. The van der Waals surface area contributed by atoms with E-state index < -0.39 is 0 Å².